The fraction of sp³-hybridized carbons (Fsp3) is 0.346. The van der Waals surface area contributed by atoms with Crippen molar-refractivity contribution in [3.8, 4) is 17.0 Å². The van der Waals surface area contributed by atoms with E-state index in [-0.39, 0.29) is 11.8 Å². The molecule has 9 heteroatoms. The van der Waals surface area contributed by atoms with Gasteiger partial charge in [0.1, 0.15) is 5.75 Å². The maximum atomic E-state index is 12.3. The molecule has 1 amide bonds. The summed E-state index contributed by atoms with van der Waals surface area (Å²) in [4.78, 5) is 23.6. The molecule has 35 heavy (non-hydrogen) atoms. The first kappa shape index (κ1) is 23.1. The Morgan fingerprint density at radius 3 is 2.57 bits per heavy atom. The molecular formula is C26H29N5O4. The summed E-state index contributed by atoms with van der Waals surface area (Å²) >= 11 is 0. The lowest BCUT2D eigenvalue weighted by Gasteiger charge is -2.30. The molecule has 3 aromatic rings. The van der Waals surface area contributed by atoms with Crippen molar-refractivity contribution in [3.05, 3.63) is 54.7 Å². The summed E-state index contributed by atoms with van der Waals surface area (Å²) in [6.07, 6.45) is 2.49. The van der Waals surface area contributed by atoms with Crippen molar-refractivity contribution in [3.63, 3.8) is 0 Å². The van der Waals surface area contributed by atoms with Crippen LogP contribution >= 0.6 is 0 Å². The Morgan fingerprint density at radius 2 is 1.83 bits per heavy atom. The number of nitrogens with zero attached hydrogens (tertiary/aromatic N) is 3. The van der Waals surface area contributed by atoms with Gasteiger partial charge in [0.25, 0.3) is 0 Å². The van der Waals surface area contributed by atoms with Gasteiger partial charge < -0.3 is 29.7 Å². The minimum absolute atomic E-state index is 0.00107. The molecule has 2 N–H and O–H groups in total. The monoisotopic (exact) mass is 475 g/mol. The SMILES string of the molecule is COc1cc(Nc2nccc(-c3ccc(NC(=O)C4CCOC4)cc3)n2)ccc1N1CCOCC1. The molecule has 0 aliphatic carbocycles. The number of rotatable bonds is 7. The Morgan fingerprint density at radius 1 is 1.03 bits per heavy atom. The maximum Gasteiger partial charge on any atom is 0.229 e. The molecule has 2 saturated heterocycles. The molecule has 0 saturated carbocycles. The Hall–Kier alpha value is -3.69. The minimum atomic E-state index is -0.0771. The number of ether oxygens (including phenoxy) is 3. The molecule has 5 rings (SSSR count). The van der Waals surface area contributed by atoms with Crippen molar-refractivity contribution < 1.29 is 19.0 Å². The van der Waals surface area contributed by atoms with Crippen molar-refractivity contribution in [2.75, 3.05) is 62.2 Å². The van der Waals surface area contributed by atoms with Crippen molar-refractivity contribution in [2.24, 2.45) is 5.92 Å². The normalized spacial score (nSPS) is 17.7. The van der Waals surface area contributed by atoms with E-state index in [0.29, 0.717) is 32.4 Å². The zero-order valence-corrected chi connectivity index (χ0v) is 19.7. The van der Waals surface area contributed by atoms with Crippen LogP contribution in [0.4, 0.5) is 23.0 Å². The van der Waals surface area contributed by atoms with Gasteiger partial charge in [-0.3, -0.25) is 4.79 Å². The highest BCUT2D eigenvalue weighted by molar-refractivity contribution is 5.93. The van der Waals surface area contributed by atoms with Crippen LogP contribution in [0.2, 0.25) is 0 Å². The first-order chi connectivity index (χ1) is 17.2. The summed E-state index contributed by atoms with van der Waals surface area (Å²) in [6, 6.07) is 15.5. The lowest BCUT2D eigenvalue weighted by atomic mass is 10.1. The summed E-state index contributed by atoms with van der Waals surface area (Å²) in [5, 5.41) is 6.23. The highest BCUT2D eigenvalue weighted by Crippen LogP contribution is 2.32. The highest BCUT2D eigenvalue weighted by atomic mass is 16.5. The van der Waals surface area contributed by atoms with E-state index in [9.17, 15) is 4.79 Å². The number of nitrogens with one attached hydrogen (secondary N) is 2. The second-order valence-electron chi connectivity index (χ2n) is 8.50. The zero-order valence-electron chi connectivity index (χ0n) is 19.7. The molecule has 1 aromatic heterocycles. The summed E-state index contributed by atoms with van der Waals surface area (Å²) in [7, 11) is 1.67. The predicted molar refractivity (Wildman–Crippen MR) is 134 cm³/mol. The Bertz CT molecular complexity index is 1160. The predicted octanol–water partition coefficient (Wildman–Crippen LogP) is 3.71. The number of anilines is 4. The van der Waals surface area contributed by atoms with Crippen LogP contribution in [0.5, 0.6) is 5.75 Å². The summed E-state index contributed by atoms with van der Waals surface area (Å²) in [6.45, 7) is 4.24. The van der Waals surface area contributed by atoms with E-state index in [1.165, 1.54) is 0 Å². The van der Waals surface area contributed by atoms with Gasteiger partial charge in [0, 0.05) is 48.9 Å². The summed E-state index contributed by atoms with van der Waals surface area (Å²) < 4.78 is 16.4. The van der Waals surface area contributed by atoms with Crippen LogP contribution in [0.25, 0.3) is 11.3 Å². The average molecular weight is 476 g/mol. The van der Waals surface area contributed by atoms with Gasteiger partial charge in [-0.25, -0.2) is 9.97 Å². The van der Waals surface area contributed by atoms with Crippen molar-refractivity contribution in [2.45, 2.75) is 6.42 Å². The molecule has 2 aliphatic heterocycles. The standard InChI is InChI=1S/C26H29N5O4/c1-33-24-16-21(6-7-23(24)31-11-14-34-15-12-31)29-26-27-10-8-22(30-26)18-2-4-20(5-3-18)28-25(32)19-9-13-35-17-19/h2-8,10,16,19H,9,11-15,17H2,1H3,(H,28,32)(H,27,29,30). The molecule has 3 heterocycles. The lowest BCUT2D eigenvalue weighted by Crippen LogP contribution is -2.36. The Kier molecular flexibility index (Phi) is 7.06. The molecular weight excluding hydrogens is 446 g/mol. The quantitative estimate of drug-likeness (QED) is 0.534. The van der Waals surface area contributed by atoms with Crippen LogP contribution in [0, 0.1) is 5.92 Å². The van der Waals surface area contributed by atoms with E-state index in [4.69, 9.17) is 14.2 Å². The number of carbonyl (C=O) groups is 1. The van der Waals surface area contributed by atoms with Crippen LogP contribution < -0.4 is 20.3 Å². The van der Waals surface area contributed by atoms with E-state index in [1.54, 1.807) is 13.3 Å². The molecule has 0 radical (unpaired) electrons. The smallest absolute Gasteiger partial charge is 0.229 e. The second-order valence-corrected chi connectivity index (χ2v) is 8.50. The number of aromatic nitrogens is 2. The molecule has 1 unspecified atom stereocenters. The van der Waals surface area contributed by atoms with E-state index in [0.717, 1.165) is 53.6 Å². The third-order valence-electron chi connectivity index (χ3n) is 6.19. The van der Waals surface area contributed by atoms with Gasteiger partial charge in [0.05, 0.1) is 44.2 Å². The number of carbonyl (C=O) groups excluding carboxylic acids is 1. The van der Waals surface area contributed by atoms with Gasteiger partial charge >= 0.3 is 0 Å². The summed E-state index contributed by atoms with van der Waals surface area (Å²) in [5.74, 6) is 1.20. The van der Waals surface area contributed by atoms with Crippen molar-refractivity contribution >= 4 is 28.9 Å². The van der Waals surface area contributed by atoms with E-state index in [1.807, 2.05) is 48.5 Å². The number of methoxy groups -OCH3 is 1. The molecule has 182 valence electrons. The largest absolute Gasteiger partial charge is 0.495 e. The van der Waals surface area contributed by atoms with Crippen LogP contribution in [-0.4, -0.2) is 62.5 Å². The third kappa shape index (κ3) is 5.52. The third-order valence-corrected chi connectivity index (χ3v) is 6.19. The zero-order chi connectivity index (χ0) is 24.0. The number of morpholine rings is 1. The van der Waals surface area contributed by atoms with Crippen LogP contribution in [-0.2, 0) is 14.3 Å². The van der Waals surface area contributed by atoms with Gasteiger partial charge in [-0.15, -0.1) is 0 Å². The topological polar surface area (TPSA) is 97.8 Å². The molecule has 1 atom stereocenters. The Labute approximate surface area is 204 Å². The summed E-state index contributed by atoms with van der Waals surface area (Å²) in [5.41, 5.74) is 4.35. The number of benzene rings is 2. The van der Waals surface area contributed by atoms with E-state index >= 15 is 0 Å². The van der Waals surface area contributed by atoms with Crippen LogP contribution in [0.15, 0.2) is 54.7 Å². The van der Waals surface area contributed by atoms with Gasteiger partial charge in [-0.2, -0.15) is 0 Å². The molecule has 0 spiro atoms. The second kappa shape index (κ2) is 10.7. The van der Waals surface area contributed by atoms with Gasteiger partial charge in [0.2, 0.25) is 11.9 Å². The number of amides is 1. The average Bonchev–Trinajstić information content (AvgIpc) is 3.45. The molecule has 2 aromatic carbocycles. The van der Waals surface area contributed by atoms with E-state index < -0.39 is 0 Å². The minimum Gasteiger partial charge on any atom is -0.495 e. The van der Waals surface area contributed by atoms with Crippen molar-refractivity contribution in [1.82, 2.24) is 9.97 Å². The first-order valence-electron chi connectivity index (χ1n) is 11.8. The Balaban J connectivity index is 1.27. The molecule has 0 bridgehead atoms. The van der Waals surface area contributed by atoms with Gasteiger partial charge in [-0.1, -0.05) is 12.1 Å². The fourth-order valence-corrected chi connectivity index (χ4v) is 4.24. The first-order valence-corrected chi connectivity index (χ1v) is 11.8. The van der Waals surface area contributed by atoms with Crippen LogP contribution in [0.3, 0.4) is 0 Å². The number of hydrogen-bond acceptors (Lipinski definition) is 8. The molecule has 2 aliphatic rings. The molecule has 2 fully saturated rings. The number of hydrogen-bond donors (Lipinski definition) is 2. The van der Waals surface area contributed by atoms with E-state index in [2.05, 4.69) is 25.5 Å². The maximum absolute atomic E-state index is 12.3. The fourth-order valence-electron chi connectivity index (χ4n) is 4.24. The van der Waals surface area contributed by atoms with Gasteiger partial charge in [-0.05, 0) is 36.8 Å². The van der Waals surface area contributed by atoms with Crippen molar-refractivity contribution in [1.29, 1.82) is 0 Å². The lowest BCUT2D eigenvalue weighted by molar-refractivity contribution is -0.119. The molecule has 9 nitrogen and oxygen atoms in total. The highest BCUT2D eigenvalue weighted by Gasteiger charge is 2.23. The van der Waals surface area contributed by atoms with Gasteiger partial charge in [0.15, 0.2) is 0 Å². The van der Waals surface area contributed by atoms with Crippen LogP contribution in [0.1, 0.15) is 6.42 Å².